The molecule has 0 saturated heterocycles. The summed E-state index contributed by atoms with van der Waals surface area (Å²) in [5, 5.41) is 3.92. The number of carbonyl (C=O) groups is 1. The van der Waals surface area contributed by atoms with E-state index < -0.39 is 54.1 Å². The van der Waals surface area contributed by atoms with Crippen molar-refractivity contribution in [1.82, 2.24) is 15.0 Å². The van der Waals surface area contributed by atoms with Crippen LogP contribution in [0.15, 0.2) is 41.9 Å². The van der Waals surface area contributed by atoms with Gasteiger partial charge in [-0.05, 0) is 61.1 Å². The van der Waals surface area contributed by atoms with Crippen LogP contribution in [-0.2, 0) is 0 Å². The van der Waals surface area contributed by atoms with E-state index in [0.29, 0.717) is 0 Å². The average Bonchev–Trinajstić information content (AvgIpc) is 3.72. The number of hydrogen-bond donors (Lipinski definition) is 2. The fraction of sp³-hybridized carbons (Fsp3) is 0.292. The number of benzene rings is 2. The van der Waals surface area contributed by atoms with E-state index in [9.17, 15) is 18.5 Å². The van der Waals surface area contributed by atoms with Gasteiger partial charge in [0.05, 0.1) is 22.8 Å². The van der Waals surface area contributed by atoms with Gasteiger partial charge in [-0.3, -0.25) is 9.80 Å². The molecule has 1 saturated carbocycles. The number of hydrogen-bond acceptors (Lipinski definition) is 7. The van der Waals surface area contributed by atoms with Gasteiger partial charge in [-0.25, -0.2) is 18.7 Å². The zero-order valence-electron chi connectivity index (χ0n) is 25.3. The summed E-state index contributed by atoms with van der Waals surface area (Å²) in [6.45, 7) is -9.37. The highest BCUT2D eigenvalue weighted by Crippen LogP contribution is 2.40. The van der Waals surface area contributed by atoms with Crippen molar-refractivity contribution in [2.45, 2.75) is 25.7 Å². The van der Waals surface area contributed by atoms with Gasteiger partial charge in [0, 0.05) is 22.3 Å². The predicted molar refractivity (Wildman–Crippen MR) is 127 cm³/mol. The van der Waals surface area contributed by atoms with Gasteiger partial charge in [-0.1, -0.05) is 6.07 Å². The summed E-state index contributed by atoms with van der Waals surface area (Å²) < 4.78 is 88.9. The maximum atomic E-state index is 14.8. The minimum Gasteiger partial charge on any atom is -0.486 e. The van der Waals surface area contributed by atoms with Crippen LogP contribution in [0.5, 0.6) is 5.75 Å². The normalized spacial score (nSPS) is 16.9. The first-order chi connectivity index (χ1) is 19.5. The van der Waals surface area contributed by atoms with E-state index in [0.717, 1.165) is 36.9 Å². The van der Waals surface area contributed by atoms with Crippen molar-refractivity contribution >= 4 is 17.4 Å². The molecule has 4 rings (SSSR count). The number of carbonyl (C=O) groups excluding carboxylic acids is 1. The molecular weight excluding hydrogens is 458 g/mol. The standard InChI is InChI=1S/C24H24F2N6O3/c1-13-18(21-22(23(27)29-12-28-21)35-8-7-32(2)31-34)10-16(25)11-20(13)30-24(33)17-6-5-15(9-19(17)26)14-3-4-14/h5-6,9-12,14H,3-4,7-8H2,1-2H3,(H,30,33)(H2,27,28,29)/i2D3,7D2,8D2. The third-order valence-corrected chi connectivity index (χ3v) is 5.38. The van der Waals surface area contributed by atoms with Crippen LogP contribution >= 0.6 is 0 Å². The summed E-state index contributed by atoms with van der Waals surface area (Å²) >= 11 is 0. The van der Waals surface area contributed by atoms with Crippen LogP contribution in [0.4, 0.5) is 20.3 Å². The average molecular weight is 490 g/mol. The number of anilines is 2. The zero-order valence-corrected chi connectivity index (χ0v) is 18.3. The lowest BCUT2D eigenvalue weighted by Crippen LogP contribution is -2.19. The molecule has 0 unspecified atom stereocenters. The number of nitrogens with one attached hydrogen (secondary N) is 1. The summed E-state index contributed by atoms with van der Waals surface area (Å²) in [4.78, 5) is 31.7. The van der Waals surface area contributed by atoms with E-state index in [1.54, 1.807) is 6.07 Å². The Morgan fingerprint density at radius 3 is 2.83 bits per heavy atom. The highest BCUT2D eigenvalue weighted by molar-refractivity contribution is 6.05. The first-order valence-electron chi connectivity index (χ1n) is 13.8. The molecule has 0 atom stereocenters. The molecule has 1 heterocycles. The Hall–Kier alpha value is -4.15. The molecule has 3 aromatic rings. The van der Waals surface area contributed by atoms with E-state index in [-0.39, 0.29) is 34.0 Å². The van der Waals surface area contributed by atoms with Gasteiger partial charge in [0.15, 0.2) is 11.6 Å². The number of nitroso groups, excluding NO2 is 1. The lowest BCUT2D eigenvalue weighted by molar-refractivity contribution is 0.102. The zero-order chi connectivity index (χ0) is 31.2. The van der Waals surface area contributed by atoms with Gasteiger partial charge < -0.3 is 15.8 Å². The minimum atomic E-state index is -3.69. The first-order valence-corrected chi connectivity index (χ1v) is 10.3. The van der Waals surface area contributed by atoms with Crippen molar-refractivity contribution in [3.8, 4) is 17.0 Å². The van der Waals surface area contributed by atoms with E-state index in [2.05, 4.69) is 20.6 Å². The topological polar surface area (TPSA) is 123 Å². The number of amides is 1. The fourth-order valence-electron chi connectivity index (χ4n) is 3.45. The number of nitrogen functional groups attached to an aromatic ring is 1. The summed E-state index contributed by atoms with van der Waals surface area (Å²) in [6.07, 6.45) is 2.80. The molecule has 1 fully saturated rings. The molecule has 0 spiro atoms. The van der Waals surface area contributed by atoms with E-state index >= 15 is 0 Å². The van der Waals surface area contributed by atoms with Gasteiger partial charge in [0.1, 0.15) is 30.2 Å². The smallest absolute Gasteiger partial charge is 0.258 e. The van der Waals surface area contributed by atoms with E-state index in [1.165, 1.54) is 19.1 Å². The van der Waals surface area contributed by atoms with Gasteiger partial charge in [-0.15, -0.1) is 4.91 Å². The number of halogens is 2. The Bertz CT molecular complexity index is 1550. The van der Waals surface area contributed by atoms with Gasteiger partial charge in [0.2, 0.25) is 0 Å². The second-order valence-corrected chi connectivity index (χ2v) is 7.74. The van der Waals surface area contributed by atoms with E-state index in [1.807, 2.05) is 0 Å². The summed E-state index contributed by atoms with van der Waals surface area (Å²) in [6, 6.07) is 6.16. The Balaban J connectivity index is 1.72. The van der Waals surface area contributed by atoms with Crippen molar-refractivity contribution in [3.63, 3.8) is 0 Å². The molecule has 11 heteroatoms. The van der Waals surface area contributed by atoms with Crippen molar-refractivity contribution in [2.24, 2.45) is 5.29 Å². The monoisotopic (exact) mass is 489 g/mol. The Labute approximate surface area is 210 Å². The first kappa shape index (κ1) is 16.5. The second kappa shape index (κ2) is 10.00. The molecule has 0 aliphatic heterocycles. The Morgan fingerprint density at radius 2 is 2.14 bits per heavy atom. The number of rotatable bonds is 9. The number of aromatic nitrogens is 2. The van der Waals surface area contributed by atoms with E-state index in [4.69, 9.17) is 20.1 Å². The molecule has 0 bridgehead atoms. The lowest BCUT2D eigenvalue weighted by Gasteiger charge is -2.17. The van der Waals surface area contributed by atoms with Crippen LogP contribution in [0.3, 0.4) is 0 Å². The number of nitrogens with two attached hydrogens (primary N) is 1. The molecule has 182 valence electrons. The highest BCUT2D eigenvalue weighted by Gasteiger charge is 2.25. The predicted octanol–water partition coefficient (Wildman–Crippen LogP) is 4.43. The molecule has 35 heavy (non-hydrogen) atoms. The van der Waals surface area contributed by atoms with Crippen LogP contribution in [0.1, 0.15) is 49.8 Å². The minimum absolute atomic E-state index is 0.110. The molecular formula is C24H24F2N6O3. The van der Waals surface area contributed by atoms with Crippen LogP contribution in [-0.4, -0.2) is 40.9 Å². The largest absolute Gasteiger partial charge is 0.486 e. The molecule has 0 radical (unpaired) electrons. The number of nitrogens with zero attached hydrogens (tertiary/aromatic N) is 4. The fourth-order valence-corrected chi connectivity index (χ4v) is 3.45. The van der Waals surface area contributed by atoms with Crippen LogP contribution in [0.25, 0.3) is 11.3 Å². The van der Waals surface area contributed by atoms with Crippen LogP contribution < -0.4 is 15.8 Å². The third-order valence-electron chi connectivity index (χ3n) is 5.38. The van der Waals surface area contributed by atoms with Crippen LogP contribution in [0, 0.1) is 23.5 Å². The summed E-state index contributed by atoms with van der Waals surface area (Å²) in [5.41, 5.74) is 5.91. The summed E-state index contributed by atoms with van der Waals surface area (Å²) in [5.74, 6) is -3.55. The molecule has 1 amide bonds. The van der Waals surface area contributed by atoms with Crippen molar-refractivity contribution in [2.75, 3.05) is 31.1 Å². The SMILES string of the molecule is [2H]C([2H])([2H])N(N=O)C([2H])([2H])C([2H])([2H])Oc1c(N)ncnc1-c1cc(F)cc(NC(=O)c2ccc(C3CC3)cc2F)c1C. The Morgan fingerprint density at radius 1 is 1.34 bits per heavy atom. The highest BCUT2D eigenvalue weighted by atomic mass is 19.1. The third kappa shape index (κ3) is 5.34. The summed E-state index contributed by atoms with van der Waals surface area (Å²) in [7, 11) is 0. The molecule has 2 aromatic carbocycles. The van der Waals surface area contributed by atoms with Gasteiger partial charge in [0.25, 0.3) is 5.91 Å². The van der Waals surface area contributed by atoms with Crippen molar-refractivity contribution in [1.29, 1.82) is 0 Å². The van der Waals surface area contributed by atoms with Crippen LogP contribution in [0.2, 0.25) is 0 Å². The maximum Gasteiger partial charge on any atom is 0.258 e. The molecule has 9 nitrogen and oxygen atoms in total. The molecule has 3 N–H and O–H groups in total. The molecule has 1 aliphatic carbocycles. The molecule has 1 aliphatic rings. The van der Waals surface area contributed by atoms with Crippen molar-refractivity contribution in [3.05, 3.63) is 69.9 Å². The van der Waals surface area contributed by atoms with Gasteiger partial charge >= 0.3 is 0 Å². The lowest BCUT2D eigenvalue weighted by atomic mass is 10.0. The number of ether oxygens (including phenoxy) is 1. The Kier molecular flexibility index (Phi) is 4.71. The van der Waals surface area contributed by atoms with Crippen molar-refractivity contribution < 1.29 is 27.9 Å². The quantitative estimate of drug-likeness (QED) is 0.337. The van der Waals surface area contributed by atoms with Gasteiger partial charge in [-0.2, -0.15) is 0 Å². The molecule has 1 aromatic heterocycles. The number of likely N-dealkylation sites (N-methyl/N-ethyl adjacent to an activating group) is 1. The maximum absolute atomic E-state index is 14.8. The second-order valence-electron chi connectivity index (χ2n) is 7.74.